The van der Waals surface area contributed by atoms with E-state index < -0.39 is 0 Å². The molecule has 35 heavy (non-hydrogen) atoms. The lowest BCUT2D eigenvalue weighted by Gasteiger charge is -2.33. The van der Waals surface area contributed by atoms with Gasteiger partial charge in [-0.15, -0.1) is 0 Å². The van der Waals surface area contributed by atoms with Gasteiger partial charge in [0.1, 0.15) is 0 Å². The number of rotatable bonds is 8. The maximum atomic E-state index is 9.09. The summed E-state index contributed by atoms with van der Waals surface area (Å²) in [6, 6.07) is 19.3. The lowest BCUT2D eigenvalue weighted by atomic mass is 9.89. The van der Waals surface area contributed by atoms with Crippen LogP contribution in [0.3, 0.4) is 0 Å². The molecule has 0 radical (unpaired) electrons. The van der Waals surface area contributed by atoms with Gasteiger partial charge >= 0.3 is 0 Å². The molecule has 1 aliphatic carbocycles. The number of nitriles is 1. The molecule has 1 N–H and O–H groups in total. The van der Waals surface area contributed by atoms with Gasteiger partial charge in [-0.25, -0.2) is 4.98 Å². The van der Waals surface area contributed by atoms with E-state index in [2.05, 4.69) is 55.0 Å². The van der Waals surface area contributed by atoms with Crippen LogP contribution >= 0.6 is 0 Å². The average molecular weight is 469 g/mol. The van der Waals surface area contributed by atoms with E-state index in [1.165, 1.54) is 54.7 Å². The van der Waals surface area contributed by atoms with Crippen LogP contribution in [-0.2, 0) is 13.1 Å². The predicted molar refractivity (Wildman–Crippen MR) is 142 cm³/mol. The van der Waals surface area contributed by atoms with E-state index in [0.29, 0.717) is 5.56 Å². The maximum Gasteiger partial charge on any atom is 0.0991 e. The number of aromatic nitrogens is 2. The summed E-state index contributed by atoms with van der Waals surface area (Å²) >= 11 is 0. The second-order valence-electron chi connectivity index (χ2n) is 9.96. The first-order valence-electron chi connectivity index (χ1n) is 13.1. The van der Waals surface area contributed by atoms with Crippen molar-refractivity contribution in [3.63, 3.8) is 0 Å². The Hall–Kier alpha value is -3.30. The Bertz CT molecular complexity index is 1100. The zero-order chi connectivity index (χ0) is 23.9. The molecule has 3 aromatic rings. The molecule has 1 aliphatic heterocycles. The van der Waals surface area contributed by atoms with Crippen molar-refractivity contribution in [1.82, 2.24) is 14.9 Å². The van der Waals surface area contributed by atoms with E-state index >= 15 is 0 Å². The minimum absolute atomic E-state index is 0.697. The van der Waals surface area contributed by atoms with E-state index in [4.69, 9.17) is 5.26 Å². The van der Waals surface area contributed by atoms with Crippen LogP contribution in [0.2, 0.25) is 0 Å². The van der Waals surface area contributed by atoms with Crippen molar-refractivity contribution in [2.45, 2.75) is 45.2 Å². The highest BCUT2D eigenvalue weighted by atomic mass is 15.2. The first-order valence-corrected chi connectivity index (χ1v) is 13.1. The first-order chi connectivity index (χ1) is 17.3. The first kappa shape index (κ1) is 23.4. The standard InChI is InChI=1S/C29H36N6/c30-18-24-6-8-26(9-7-24)21-35-23-32-19-29(35)22-34(20-25-4-2-1-3-5-25)28-12-10-27(11-13-28)33-16-14-31-15-17-33/h6-13,19,23,25,31H,1-5,14-17,20-22H2. The van der Waals surface area contributed by atoms with Gasteiger partial charge in [0.15, 0.2) is 0 Å². The number of piperazine rings is 1. The van der Waals surface area contributed by atoms with E-state index in [9.17, 15) is 0 Å². The molecule has 2 fully saturated rings. The summed E-state index contributed by atoms with van der Waals surface area (Å²) in [6.45, 7) is 6.95. The number of hydrogen-bond acceptors (Lipinski definition) is 5. The molecule has 6 nitrogen and oxygen atoms in total. The van der Waals surface area contributed by atoms with Crippen molar-refractivity contribution in [1.29, 1.82) is 5.26 Å². The molecular weight excluding hydrogens is 432 g/mol. The fraction of sp³-hybridized carbons (Fsp3) is 0.448. The zero-order valence-corrected chi connectivity index (χ0v) is 20.6. The van der Waals surface area contributed by atoms with Gasteiger partial charge in [-0.05, 0) is 60.7 Å². The number of hydrogen-bond donors (Lipinski definition) is 1. The number of benzene rings is 2. The number of imidazole rings is 1. The van der Waals surface area contributed by atoms with Gasteiger partial charge in [0.05, 0.1) is 30.2 Å². The van der Waals surface area contributed by atoms with Crippen molar-refractivity contribution < 1.29 is 0 Å². The topological polar surface area (TPSA) is 60.1 Å². The summed E-state index contributed by atoms with van der Waals surface area (Å²) < 4.78 is 2.24. The SMILES string of the molecule is N#Cc1ccc(Cn2cncc2CN(CC2CCCCC2)c2ccc(N3CCNCC3)cc2)cc1. The van der Waals surface area contributed by atoms with Crippen molar-refractivity contribution in [2.24, 2.45) is 5.92 Å². The van der Waals surface area contributed by atoms with E-state index in [1.54, 1.807) is 0 Å². The van der Waals surface area contributed by atoms with Crippen LogP contribution in [0.4, 0.5) is 11.4 Å². The largest absolute Gasteiger partial charge is 0.369 e. The summed E-state index contributed by atoms with van der Waals surface area (Å²) in [5, 5.41) is 12.5. The second-order valence-corrected chi connectivity index (χ2v) is 9.96. The van der Waals surface area contributed by atoms with Gasteiger partial charge in [0.2, 0.25) is 0 Å². The van der Waals surface area contributed by atoms with Gasteiger partial charge in [0.25, 0.3) is 0 Å². The fourth-order valence-electron chi connectivity index (χ4n) is 5.44. The molecule has 2 aliphatic rings. The predicted octanol–water partition coefficient (Wildman–Crippen LogP) is 4.80. The van der Waals surface area contributed by atoms with Gasteiger partial charge in [-0.3, -0.25) is 0 Å². The van der Waals surface area contributed by atoms with Crippen molar-refractivity contribution >= 4 is 11.4 Å². The molecule has 6 heteroatoms. The molecule has 0 atom stereocenters. The van der Waals surface area contributed by atoms with Gasteiger partial charge in [-0.1, -0.05) is 31.4 Å². The molecule has 0 unspecified atom stereocenters. The highest BCUT2D eigenvalue weighted by molar-refractivity contribution is 5.57. The maximum absolute atomic E-state index is 9.09. The third-order valence-electron chi connectivity index (χ3n) is 7.49. The van der Waals surface area contributed by atoms with Crippen LogP contribution in [-0.4, -0.2) is 42.3 Å². The summed E-state index contributed by atoms with van der Waals surface area (Å²) in [5.74, 6) is 0.756. The Kier molecular flexibility index (Phi) is 7.65. The normalized spacial score (nSPS) is 16.7. The molecule has 2 heterocycles. The molecule has 182 valence electrons. The average Bonchev–Trinajstić information content (AvgIpc) is 3.36. The Morgan fingerprint density at radius 1 is 0.971 bits per heavy atom. The molecular formula is C29H36N6. The summed E-state index contributed by atoms with van der Waals surface area (Å²) in [4.78, 5) is 9.52. The molecule has 5 rings (SSSR count). The lowest BCUT2D eigenvalue weighted by Crippen LogP contribution is -2.43. The van der Waals surface area contributed by atoms with Crippen molar-refractivity contribution in [3.05, 3.63) is 77.9 Å². The zero-order valence-electron chi connectivity index (χ0n) is 20.6. The Morgan fingerprint density at radius 3 is 2.43 bits per heavy atom. The fourth-order valence-corrected chi connectivity index (χ4v) is 5.44. The van der Waals surface area contributed by atoms with Gasteiger partial charge in [-0.2, -0.15) is 5.26 Å². The summed E-state index contributed by atoms with van der Waals surface area (Å²) in [6.07, 6.45) is 10.7. The second kappa shape index (κ2) is 11.4. The van der Waals surface area contributed by atoms with Gasteiger partial charge in [0, 0.05) is 56.8 Å². The van der Waals surface area contributed by atoms with Gasteiger partial charge < -0.3 is 19.7 Å². The van der Waals surface area contributed by atoms with Crippen molar-refractivity contribution in [2.75, 3.05) is 42.5 Å². The number of nitrogens with one attached hydrogen (secondary N) is 1. The smallest absolute Gasteiger partial charge is 0.0991 e. The highest BCUT2D eigenvalue weighted by Crippen LogP contribution is 2.29. The lowest BCUT2D eigenvalue weighted by molar-refractivity contribution is 0.357. The van der Waals surface area contributed by atoms with E-state index in [1.807, 2.05) is 36.8 Å². The third-order valence-corrected chi connectivity index (χ3v) is 7.49. The molecule has 1 saturated heterocycles. The van der Waals surface area contributed by atoms with Crippen LogP contribution in [0.15, 0.2) is 61.1 Å². The molecule has 0 amide bonds. The number of nitrogens with zero attached hydrogens (tertiary/aromatic N) is 5. The Morgan fingerprint density at radius 2 is 1.71 bits per heavy atom. The Balaban J connectivity index is 1.34. The van der Waals surface area contributed by atoms with Crippen LogP contribution in [0.1, 0.15) is 48.9 Å². The molecule has 2 aromatic carbocycles. The third kappa shape index (κ3) is 6.04. The molecule has 0 bridgehead atoms. The molecule has 0 spiro atoms. The van der Waals surface area contributed by atoms with E-state index in [-0.39, 0.29) is 0 Å². The molecule has 1 saturated carbocycles. The minimum atomic E-state index is 0.697. The highest BCUT2D eigenvalue weighted by Gasteiger charge is 2.20. The van der Waals surface area contributed by atoms with Crippen LogP contribution in [0.5, 0.6) is 0 Å². The Labute approximate surface area is 209 Å². The monoisotopic (exact) mass is 468 g/mol. The van der Waals surface area contributed by atoms with E-state index in [0.717, 1.165) is 51.7 Å². The van der Waals surface area contributed by atoms with Crippen molar-refractivity contribution in [3.8, 4) is 6.07 Å². The summed E-state index contributed by atoms with van der Waals surface area (Å²) in [5.41, 5.74) is 5.71. The van der Waals surface area contributed by atoms with Crippen LogP contribution < -0.4 is 15.1 Å². The van der Waals surface area contributed by atoms with Crippen LogP contribution in [0.25, 0.3) is 0 Å². The molecule has 1 aromatic heterocycles. The quantitative estimate of drug-likeness (QED) is 0.515. The minimum Gasteiger partial charge on any atom is -0.369 e. The number of anilines is 2. The summed E-state index contributed by atoms with van der Waals surface area (Å²) in [7, 11) is 0. The van der Waals surface area contributed by atoms with Crippen LogP contribution in [0, 0.1) is 17.2 Å².